The van der Waals surface area contributed by atoms with Gasteiger partial charge in [-0.1, -0.05) is 0 Å². The van der Waals surface area contributed by atoms with Gasteiger partial charge in [-0.15, -0.1) is 0 Å². The summed E-state index contributed by atoms with van der Waals surface area (Å²) in [5.74, 6) is 0.0287. The maximum Gasteiger partial charge on any atom is 0.126 e. The number of halogens is 2. The minimum atomic E-state index is -0.346. The summed E-state index contributed by atoms with van der Waals surface area (Å²) in [7, 11) is 0. The molecule has 0 spiro atoms. The summed E-state index contributed by atoms with van der Waals surface area (Å²) >= 11 is 0. The van der Waals surface area contributed by atoms with E-state index in [1.807, 2.05) is 0 Å². The van der Waals surface area contributed by atoms with Crippen LogP contribution < -0.4 is 5.32 Å². The van der Waals surface area contributed by atoms with Crippen molar-refractivity contribution in [3.8, 4) is 0 Å². The van der Waals surface area contributed by atoms with Crippen LogP contribution in [0.25, 0.3) is 0 Å². The van der Waals surface area contributed by atoms with E-state index in [1.54, 1.807) is 0 Å². The van der Waals surface area contributed by atoms with E-state index in [2.05, 4.69) is 5.32 Å². The summed E-state index contributed by atoms with van der Waals surface area (Å²) in [5, 5.41) is 3.30. The zero-order valence-corrected chi connectivity index (χ0v) is 9.31. The summed E-state index contributed by atoms with van der Waals surface area (Å²) in [5.41, 5.74) is 0.513. The van der Waals surface area contributed by atoms with Crippen LogP contribution in [0.2, 0.25) is 0 Å². The normalized spacial score (nSPS) is 17.6. The molecular formula is C13H17F2N. The van der Waals surface area contributed by atoms with E-state index in [1.165, 1.54) is 18.2 Å². The quantitative estimate of drug-likeness (QED) is 0.834. The molecule has 16 heavy (non-hydrogen) atoms. The SMILES string of the molecule is Fc1ccc(F)c(CCC2CCNCC2)c1. The molecule has 1 heterocycles. The molecule has 1 fully saturated rings. The summed E-state index contributed by atoms with van der Waals surface area (Å²) in [6.45, 7) is 2.10. The van der Waals surface area contributed by atoms with Gasteiger partial charge in [0.1, 0.15) is 11.6 Å². The smallest absolute Gasteiger partial charge is 0.126 e. The minimum absolute atomic E-state index is 0.282. The Bertz CT molecular complexity index is 346. The van der Waals surface area contributed by atoms with Crippen LogP contribution >= 0.6 is 0 Å². The second-order valence-electron chi connectivity index (χ2n) is 4.47. The zero-order chi connectivity index (χ0) is 11.4. The molecule has 1 saturated heterocycles. The largest absolute Gasteiger partial charge is 0.317 e. The van der Waals surface area contributed by atoms with Crippen molar-refractivity contribution in [2.75, 3.05) is 13.1 Å². The molecule has 1 aromatic carbocycles. The average molecular weight is 225 g/mol. The Balaban J connectivity index is 1.90. The highest BCUT2D eigenvalue weighted by Crippen LogP contribution is 2.20. The molecule has 1 aliphatic heterocycles. The van der Waals surface area contributed by atoms with E-state index in [-0.39, 0.29) is 11.6 Å². The molecule has 0 unspecified atom stereocenters. The maximum absolute atomic E-state index is 13.3. The molecule has 0 radical (unpaired) electrons. The van der Waals surface area contributed by atoms with Crippen LogP contribution in [0.5, 0.6) is 0 Å². The number of aryl methyl sites for hydroxylation is 1. The Morgan fingerprint density at radius 2 is 1.94 bits per heavy atom. The Labute approximate surface area is 94.9 Å². The molecule has 0 atom stereocenters. The predicted octanol–water partition coefficient (Wildman–Crippen LogP) is 2.90. The van der Waals surface area contributed by atoms with Crippen LogP contribution in [0.1, 0.15) is 24.8 Å². The summed E-state index contributed by atoms with van der Waals surface area (Å²) in [6.07, 6.45) is 3.91. The fourth-order valence-electron chi connectivity index (χ4n) is 2.26. The van der Waals surface area contributed by atoms with E-state index >= 15 is 0 Å². The molecule has 1 N–H and O–H groups in total. The molecule has 0 aromatic heterocycles. The first-order valence-electron chi connectivity index (χ1n) is 5.90. The molecule has 0 bridgehead atoms. The van der Waals surface area contributed by atoms with E-state index < -0.39 is 0 Å². The lowest BCUT2D eigenvalue weighted by molar-refractivity contribution is 0.352. The molecule has 88 valence electrons. The molecule has 0 saturated carbocycles. The molecule has 1 aromatic rings. The molecule has 1 aliphatic rings. The van der Waals surface area contributed by atoms with Gasteiger partial charge in [0, 0.05) is 0 Å². The van der Waals surface area contributed by atoms with Crippen molar-refractivity contribution in [1.82, 2.24) is 5.32 Å². The lowest BCUT2D eigenvalue weighted by Crippen LogP contribution is -2.27. The Kier molecular flexibility index (Phi) is 3.88. The van der Waals surface area contributed by atoms with Gasteiger partial charge >= 0.3 is 0 Å². The number of nitrogens with one attached hydrogen (secondary N) is 1. The molecule has 0 amide bonds. The van der Waals surface area contributed by atoms with Crippen LogP contribution in [0, 0.1) is 17.6 Å². The highest BCUT2D eigenvalue weighted by molar-refractivity contribution is 5.18. The highest BCUT2D eigenvalue weighted by atomic mass is 19.1. The number of hydrogen-bond acceptors (Lipinski definition) is 1. The first-order chi connectivity index (χ1) is 7.75. The molecular weight excluding hydrogens is 208 g/mol. The van der Waals surface area contributed by atoms with Gasteiger partial charge in [-0.2, -0.15) is 0 Å². The van der Waals surface area contributed by atoms with Crippen molar-refractivity contribution in [3.63, 3.8) is 0 Å². The van der Waals surface area contributed by atoms with Crippen molar-refractivity contribution < 1.29 is 8.78 Å². The van der Waals surface area contributed by atoms with Crippen LogP contribution in [0.4, 0.5) is 8.78 Å². The van der Waals surface area contributed by atoms with Gasteiger partial charge in [0.05, 0.1) is 0 Å². The third-order valence-electron chi connectivity index (χ3n) is 3.29. The standard InChI is InChI=1S/C13H17F2N/c14-12-3-4-13(15)11(9-12)2-1-10-5-7-16-8-6-10/h3-4,9-10,16H,1-2,5-8H2. The summed E-state index contributed by atoms with van der Waals surface area (Å²) < 4.78 is 26.3. The average Bonchev–Trinajstić information content (AvgIpc) is 2.32. The van der Waals surface area contributed by atoms with Crippen LogP contribution in [0.3, 0.4) is 0 Å². The van der Waals surface area contributed by atoms with Gasteiger partial charge in [0.15, 0.2) is 0 Å². The molecule has 3 heteroatoms. The van der Waals surface area contributed by atoms with Gasteiger partial charge in [-0.25, -0.2) is 8.78 Å². The fourth-order valence-corrected chi connectivity index (χ4v) is 2.26. The second kappa shape index (κ2) is 5.39. The zero-order valence-electron chi connectivity index (χ0n) is 9.31. The number of hydrogen-bond donors (Lipinski definition) is 1. The lowest BCUT2D eigenvalue weighted by atomic mass is 9.91. The van der Waals surface area contributed by atoms with Gasteiger partial charge in [-0.05, 0) is 68.5 Å². The summed E-state index contributed by atoms with van der Waals surface area (Å²) in [6, 6.07) is 3.70. The summed E-state index contributed by atoms with van der Waals surface area (Å²) in [4.78, 5) is 0. The Morgan fingerprint density at radius 3 is 2.69 bits per heavy atom. The van der Waals surface area contributed by atoms with Crippen LogP contribution in [-0.4, -0.2) is 13.1 Å². The van der Waals surface area contributed by atoms with Crippen LogP contribution in [0.15, 0.2) is 18.2 Å². The van der Waals surface area contributed by atoms with Crippen molar-refractivity contribution in [1.29, 1.82) is 0 Å². The Morgan fingerprint density at radius 1 is 1.19 bits per heavy atom. The molecule has 0 aliphatic carbocycles. The first kappa shape index (κ1) is 11.5. The topological polar surface area (TPSA) is 12.0 Å². The van der Waals surface area contributed by atoms with Crippen LogP contribution in [-0.2, 0) is 6.42 Å². The fraction of sp³-hybridized carbons (Fsp3) is 0.538. The van der Waals surface area contributed by atoms with Crippen molar-refractivity contribution in [3.05, 3.63) is 35.4 Å². The number of benzene rings is 1. The van der Waals surface area contributed by atoms with E-state index in [0.29, 0.717) is 17.9 Å². The Hall–Kier alpha value is -0.960. The van der Waals surface area contributed by atoms with E-state index in [0.717, 1.165) is 32.4 Å². The number of piperidine rings is 1. The minimum Gasteiger partial charge on any atom is -0.317 e. The van der Waals surface area contributed by atoms with E-state index in [4.69, 9.17) is 0 Å². The van der Waals surface area contributed by atoms with Gasteiger partial charge in [-0.3, -0.25) is 0 Å². The molecule has 2 rings (SSSR count). The van der Waals surface area contributed by atoms with Gasteiger partial charge in [0.25, 0.3) is 0 Å². The number of rotatable bonds is 3. The predicted molar refractivity (Wildman–Crippen MR) is 60.3 cm³/mol. The lowest BCUT2D eigenvalue weighted by Gasteiger charge is -2.22. The third-order valence-corrected chi connectivity index (χ3v) is 3.29. The van der Waals surface area contributed by atoms with Crippen molar-refractivity contribution in [2.24, 2.45) is 5.92 Å². The van der Waals surface area contributed by atoms with Gasteiger partial charge in [0.2, 0.25) is 0 Å². The van der Waals surface area contributed by atoms with Crippen molar-refractivity contribution >= 4 is 0 Å². The second-order valence-corrected chi connectivity index (χ2v) is 4.47. The van der Waals surface area contributed by atoms with E-state index in [9.17, 15) is 8.78 Å². The third kappa shape index (κ3) is 3.01. The monoisotopic (exact) mass is 225 g/mol. The van der Waals surface area contributed by atoms with Gasteiger partial charge < -0.3 is 5.32 Å². The maximum atomic E-state index is 13.3. The van der Waals surface area contributed by atoms with Crippen molar-refractivity contribution in [2.45, 2.75) is 25.7 Å². The molecule has 1 nitrogen and oxygen atoms in total. The first-order valence-corrected chi connectivity index (χ1v) is 5.90. The highest BCUT2D eigenvalue weighted by Gasteiger charge is 2.13.